The fourth-order valence-electron chi connectivity index (χ4n) is 1.86. The maximum atomic E-state index is 12.3. The highest BCUT2D eigenvalue weighted by Gasteiger charge is 2.34. The van der Waals surface area contributed by atoms with Gasteiger partial charge in [-0.05, 0) is 17.9 Å². The molecule has 1 aromatic heterocycles. The molecule has 0 saturated carbocycles. The molecule has 1 N–H and O–H groups in total. The molecule has 1 aliphatic rings. The summed E-state index contributed by atoms with van der Waals surface area (Å²) in [5.41, 5.74) is 0. The molecule has 0 unspecified atom stereocenters. The normalized spacial score (nSPS) is 22.8. The first-order chi connectivity index (χ1) is 8.16. The molecule has 1 fully saturated rings. The van der Waals surface area contributed by atoms with Crippen molar-refractivity contribution >= 4 is 21.4 Å². The van der Waals surface area contributed by atoms with E-state index in [1.54, 1.807) is 17.5 Å². The summed E-state index contributed by atoms with van der Waals surface area (Å²) < 4.78 is 31.7. The van der Waals surface area contributed by atoms with Crippen LogP contribution in [0.4, 0.5) is 0 Å². The summed E-state index contributed by atoms with van der Waals surface area (Å²) >= 11 is 1.21. The average Bonchev–Trinajstić information content (AvgIpc) is 2.84. The Bertz CT molecular complexity index is 441. The molecule has 7 heteroatoms. The second kappa shape index (κ2) is 5.45. The molecule has 1 aliphatic heterocycles. The highest BCUT2D eigenvalue weighted by molar-refractivity contribution is 7.91. The van der Waals surface area contributed by atoms with Crippen LogP contribution in [0.5, 0.6) is 0 Å². The molecule has 1 saturated heterocycles. The molecular formula is C10H15NO4S2. The minimum absolute atomic E-state index is 0.0372. The number of aliphatic hydroxyl groups excluding tert-OH is 1. The van der Waals surface area contributed by atoms with Gasteiger partial charge in [-0.15, -0.1) is 11.3 Å². The van der Waals surface area contributed by atoms with Crippen LogP contribution in [-0.2, 0) is 14.8 Å². The maximum Gasteiger partial charge on any atom is 0.252 e. The third-order valence-corrected chi connectivity index (χ3v) is 6.02. The molecule has 0 radical (unpaired) electrons. The van der Waals surface area contributed by atoms with Crippen molar-refractivity contribution in [3.05, 3.63) is 17.5 Å². The van der Waals surface area contributed by atoms with Crippen LogP contribution in [0.25, 0.3) is 0 Å². The van der Waals surface area contributed by atoms with Gasteiger partial charge in [0.15, 0.2) is 0 Å². The summed E-state index contributed by atoms with van der Waals surface area (Å²) in [6.07, 6.45) is 0.407. The lowest BCUT2D eigenvalue weighted by atomic mass is 10.2. The second-order valence-corrected chi connectivity index (χ2v) is 6.85. The fraction of sp³-hybridized carbons (Fsp3) is 0.600. The molecule has 0 spiro atoms. The number of hydrogen-bond donors (Lipinski definition) is 1. The molecule has 0 amide bonds. The van der Waals surface area contributed by atoms with Gasteiger partial charge in [0.25, 0.3) is 10.0 Å². The van der Waals surface area contributed by atoms with Gasteiger partial charge in [-0.25, -0.2) is 8.42 Å². The molecule has 2 rings (SSSR count). The van der Waals surface area contributed by atoms with Gasteiger partial charge in [0.05, 0.1) is 19.3 Å². The summed E-state index contributed by atoms with van der Waals surface area (Å²) in [7, 11) is -3.43. The Hall–Kier alpha value is -0.470. The van der Waals surface area contributed by atoms with Crippen LogP contribution in [0.3, 0.4) is 0 Å². The standard InChI is InChI=1S/C10H15NO4S2/c12-5-3-9-8-15-6-4-11(9)17(13,14)10-2-1-7-16-10/h1-2,7,9,12H,3-6,8H2/t9-/m1/s1. The van der Waals surface area contributed by atoms with E-state index in [0.29, 0.717) is 30.4 Å². The summed E-state index contributed by atoms with van der Waals surface area (Å²) in [6, 6.07) is 3.06. The Labute approximate surface area is 105 Å². The van der Waals surface area contributed by atoms with Crippen molar-refractivity contribution in [3.63, 3.8) is 0 Å². The molecule has 1 aromatic rings. The number of aliphatic hydroxyl groups is 1. The lowest BCUT2D eigenvalue weighted by molar-refractivity contribution is 0.0238. The average molecular weight is 277 g/mol. The zero-order valence-corrected chi connectivity index (χ0v) is 10.9. The molecule has 0 aromatic carbocycles. The van der Waals surface area contributed by atoms with E-state index in [0.717, 1.165) is 0 Å². The lowest BCUT2D eigenvalue weighted by Crippen LogP contribution is -2.48. The van der Waals surface area contributed by atoms with Crippen molar-refractivity contribution in [1.82, 2.24) is 4.31 Å². The molecule has 0 bridgehead atoms. The molecule has 2 heterocycles. The minimum Gasteiger partial charge on any atom is -0.396 e. The van der Waals surface area contributed by atoms with E-state index in [9.17, 15) is 8.42 Å². The van der Waals surface area contributed by atoms with E-state index in [2.05, 4.69) is 0 Å². The van der Waals surface area contributed by atoms with Crippen LogP contribution < -0.4 is 0 Å². The third kappa shape index (κ3) is 2.69. The van der Waals surface area contributed by atoms with Crippen molar-refractivity contribution in [2.45, 2.75) is 16.7 Å². The smallest absolute Gasteiger partial charge is 0.252 e. The zero-order chi connectivity index (χ0) is 12.3. The Kier molecular flexibility index (Phi) is 4.16. The quantitative estimate of drug-likeness (QED) is 0.871. The van der Waals surface area contributed by atoms with E-state index in [-0.39, 0.29) is 12.6 Å². The third-order valence-electron chi connectivity index (χ3n) is 2.69. The Morgan fingerprint density at radius 1 is 1.59 bits per heavy atom. The van der Waals surface area contributed by atoms with E-state index in [1.165, 1.54) is 15.6 Å². The van der Waals surface area contributed by atoms with E-state index in [1.807, 2.05) is 0 Å². The second-order valence-electron chi connectivity index (χ2n) is 3.79. The zero-order valence-electron chi connectivity index (χ0n) is 9.28. The predicted molar refractivity (Wildman–Crippen MR) is 64.5 cm³/mol. The van der Waals surface area contributed by atoms with E-state index >= 15 is 0 Å². The first-order valence-corrected chi connectivity index (χ1v) is 7.72. The Morgan fingerprint density at radius 2 is 2.41 bits per heavy atom. The first kappa shape index (κ1) is 13.0. The van der Waals surface area contributed by atoms with E-state index in [4.69, 9.17) is 9.84 Å². The van der Waals surface area contributed by atoms with Crippen molar-refractivity contribution in [2.24, 2.45) is 0 Å². The van der Waals surface area contributed by atoms with Crippen LogP contribution in [0, 0.1) is 0 Å². The van der Waals surface area contributed by atoms with Crippen LogP contribution in [0.1, 0.15) is 6.42 Å². The maximum absolute atomic E-state index is 12.3. The van der Waals surface area contributed by atoms with Gasteiger partial charge in [-0.1, -0.05) is 6.07 Å². The number of morpholine rings is 1. The lowest BCUT2D eigenvalue weighted by Gasteiger charge is -2.33. The first-order valence-electron chi connectivity index (χ1n) is 5.40. The van der Waals surface area contributed by atoms with Gasteiger partial charge < -0.3 is 9.84 Å². The van der Waals surface area contributed by atoms with Gasteiger partial charge in [-0.2, -0.15) is 4.31 Å². The number of sulfonamides is 1. The monoisotopic (exact) mass is 277 g/mol. The van der Waals surface area contributed by atoms with Gasteiger partial charge in [0.2, 0.25) is 0 Å². The summed E-state index contributed by atoms with van der Waals surface area (Å²) in [5, 5.41) is 10.7. The molecule has 1 atom stereocenters. The fourth-order valence-corrected chi connectivity index (χ4v) is 4.60. The number of thiophene rings is 1. The molecule has 96 valence electrons. The van der Waals surface area contributed by atoms with Crippen molar-refractivity contribution < 1.29 is 18.3 Å². The predicted octanol–water partition coefficient (Wildman–Crippen LogP) is 0.520. The number of rotatable bonds is 4. The van der Waals surface area contributed by atoms with Gasteiger partial charge in [0.1, 0.15) is 4.21 Å². The van der Waals surface area contributed by atoms with Crippen LogP contribution >= 0.6 is 11.3 Å². The number of nitrogens with zero attached hydrogens (tertiary/aromatic N) is 1. The molecule has 5 nitrogen and oxygen atoms in total. The van der Waals surface area contributed by atoms with E-state index < -0.39 is 10.0 Å². The summed E-state index contributed by atoms with van der Waals surface area (Å²) in [4.78, 5) is 0. The summed E-state index contributed by atoms with van der Waals surface area (Å²) in [5.74, 6) is 0. The van der Waals surface area contributed by atoms with Gasteiger partial charge in [0, 0.05) is 13.2 Å². The molecule has 0 aliphatic carbocycles. The van der Waals surface area contributed by atoms with Gasteiger partial charge >= 0.3 is 0 Å². The molecular weight excluding hydrogens is 262 g/mol. The van der Waals surface area contributed by atoms with Crippen LogP contribution in [0.2, 0.25) is 0 Å². The van der Waals surface area contributed by atoms with Gasteiger partial charge in [-0.3, -0.25) is 0 Å². The highest BCUT2D eigenvalue weighted by Crippen LogP contribution is 2.25. The largest absolute Gasteiger partial charge is 0.396 e. The topological polar surface area (TPSA) is 66.8 Å². The Morgan fingerprint density at radius 3 is 3.06 bits per heavy atom. The van der Waals surface area contributed by atoms with Crippen molar-refractivity contribution in [3.8, 4) is 0 Å². The summed E-state index contributed by atoms with van der Waals surface area (Å²) in [6.45, 7) is 1.08. The minimum atomic E-state index is -3.43. The highest BCUT2D eigenvalue weighted by atomic mass is 32.2. The number of ether oxygens (including phenoxy) is 1. The number of hydrogen-bond acceptors (Lipinski definition) is 5. The SMILES string of the molecule is O=S(=O)(c1cccs1)N1CCOC[C@H]1CCO. The Balaban J connectivity index is 2.24. The molecule has 17 heavy (non-hydrogen) atoms. The van der Waals surface area contributed by atoms with Crippen molar-refractivity contribution in [2.75, 3.05) is 26.4 Å². The van der Waals surface area contributed by atoms with Crippen LogP contribution in [0.15, 0.2) is 21.7 Å². The van der Waals surface area contributed by atoms with Crippen LogP contribution in [-0.4, -0.2) is 50.2 Å². The van der Waals surface area contributed by atoms with Crippen molar-refractivity contribution in [1.29, 1.82) is 0 Å².